The highest BCUT2D eigenvalue weighted by Gasteiger charge is 2.46. The van der Waals surface area contributed by atoms with Gasteiger partial charge in [-0.2, -0.15) is 0 Å². The minimum absolute atomic E-state index is 0.148. The third kappa shape index (κ3) is 19.3. The largest absolute Gasteiger partial charge is 0.467 e. The molecule has 0 aromatic heterocycles. The number of carbonyl (C=O) groups excluding carboxylic acids is 9. The van der Waals surface area contributed by atoms with Gasteiger partial charge in [0.25, 0.3) is 11.8 Å². The molecule has 0 radical (unpaired) electrons. The highest BCUT2D eigenvalue weighted by atomic mass is 16.5. The van der Waals surface area contributed by atoms with Crippen molar-refractivity contribution in [2.24, 2.45) is 0 Å². The fraction of sp³-hybridized carbons (Fsp3) is 0.638. The lowest BCUT2D eigenvalue weighted by Gasteiger charge is -2.40. The molecule has 22 heteroatoms. The van der Waals surface area contributed by atoms with Crippen LogP contribution in [0.25, 0.3) is 0 Å². The Balaban J connectivity index is 0.000000294. The molecule has 2 saturated heterocycles. The zero-order chi connectivity index (χ0) is 57.9. The van der Waals surface area contributed by atoms with Gasteiger partial charge in [-0.25, -0.2) is 19.2 Å². The number of aliphatic hydroxyl groups excluding tert-OH is 1. The van der Waals surface area contributed by atoms with Crippen molar-refractivity contribution < 1.29 is 67.2 Å². The summed E-state index contributed by atoms with van der Waals surface area (Å²) in [4.78, 5) is 121. The minimum atomic E-state index is -1.60. The second-order valence-corrected chi connectivity index (χ2v) is 21.1. The van der Waals surface area contributed by atoms with Gasteiger partial charge in [-0.3, -0.25) is 24.0 Å². The van der Waals surface area contributed by atoms with Gasteiger partial charge in [-0.15, -0.1) is 0 Å². The van der Waals surface area contributed by atoms with Crippen LogP contribution in [-0.4, -0.2) is 176 Å². The van der Waals surface area contributed by atoms with Gasteiger partial charge in [-0.1, -0.05) is 139 Å². The number of aliphatic hydroxyl groups is 1. The summed E-state index contributed by atoms with van der Waals surface area (Å²) in [5, 5.41) is 27.9. The van der Waals surface area contributed by atoms with Crippen molar-refractivity contribution in [3.8, 4) is 0 Å². The number of esters is 2. The smallest absolute Gasteiger partial charge is 0.328 e. The average Bonchev–Trinajstić information content (AvgIpc) is 3.49. The number of Topliss-reactive ketones (excluding diaryl/α,β-unsaturated/α-hetero) is 1. The molecular formula is C58H86N8O14. The topological polar surface area (TPSA) is 289 Å². The second kappa shape index (κ2) is 33.2. The number of nitrogens with zero attached hydrogens (tertiary/aromatic N) is 2. The number of unbranched alkanes of at least 4 members (excludes halogenated alkanes) is 2. The number of urea groups is 2. The van der Waals surface area contributed by atoms with Crippen molar-refractivity contribution in [2.45, 2.75) is 171 Å². The van der Waals surface area contributed by atoms with Gasteiger partial charge in [0, 0.05) is 39.0 Å². The van der Waals surface area contributed by atoms with E-state index in [0.717, 1.165) is 62.5 Å². The summed E-state index contributed by atoms with van der Waals surface area (Å²) >= 11 is 0. The maximum atomic E-state index is 13.8. The molecule has 442 valence electrons. The minimum Gasteiger partial charge on any atom is -0.467 e. The molecule has 80 heavy (non-hydrogen) atoms. The molecule has 8 amide bonds. The van der Waals surface area contributed by atoms with Gasteiger partial charge in [0.2, 0.25) is 17.6 Å². The van der Waals surface area contributed by atoms with Gasteiger partial charge in [-0.05, 0) is 49.7 Å². The number of ether oxygens (including phenoxy) is 4. The van der Waals surface area contributed by atoms with Crippen molar-refractivity contribution >= 4 is 53.4 Å². The number of morpholine rings is 2. The van der Waals surface area contributed by atoms with Crippen LogP contribution in [0, 0.1) is 0 Å². The summed E-state index contributed by atoms with van der Waals surface area (Å²) in [6.07, 6.45) is 8.94. The SMILES string of the molecule is CCCC[C@H](NC(=O)C1(NC(=O)N2CCOCC2)CCCCC1)C(=O)C(=O)N[C@H](Cc1ccccc1)C(=O)OC.CCCC[C@H](NC(=O)C1(NC(=O)N2CCOCC2)CCCCC1)[C@H](O)C(=O)N[C@@H](Cc1ccccc1)C(=O)OC. The molecule has 2 saturated carbocycles. The summed E-state index contributed by atoms with van der Waals surface area (Å²) < 4.78 is 20.4. The summed E-state index contributed by atoms with van der Waals surface area (Å²) in [5.74, 6) is -4.77. The molecule has 2 aliphatic heterocycles. The molecule has 4 fully saturated rings. The lowest BCUT2D eigenvalue weighted by molar-refractivity contribution is -0.147. The first-order chi connectivity index (χ1) is 38.6. The third-order valence-electron chi connectivity index (χ3n) is 15.3. The number of nitrogens with one attached hydrogen (secondary N) is 6. The summed E-state index contributed by atoms with van der Waals surface area (Å²) in [6.45, 7) is 7.46. The lowest BCUT2D eigenvalue weighted by Crippen LogP contribution is -2.65. The van der Waals surface area contributed by atoms with Gasteiger partial charge < -0.3 is 65.8 Å². The number of amides is 8. The number of benzene rings is 2. The quantitative estimate of drug-likeness (QED) is 0.0585. The van der Waals surface area contributed by atoms with E-state index in [2.05, 4.69) is 31.9 Å². The molecule has 5 atom stereocenters. The van der Waals surface area contributed by atoms with E-state index in [4.69, 9.17) is 18.9 Å². The molecule has 6 rings (SSSR count). The molecule has 4 aliphatic rings. The zero-order valence-electron chi connectivity index (χ0n) is 47.2. The van der Waals surface area contributed by atoms with Crippen molar-refractivity contribution in [1.82, 2.24) is 41.7 Å². The number of rotatable bonds is 24. The molecule has 0 spiro atoms. The third-order valence-corrected chi connectivity index (χ3v) is 15.3. The summed E-state index contributed by atoms with van der Waals surface area (Å²) in [5.41, 5.74) is -0.692. The van der Waals surface area contributed by atoms with Crippen LogP contribution in [0.4, 0.5) is 9.59 Å². The van der Waals surface area contributed by atoms with Crippen LogP contribution in [0.5, 0.6) is 0 Å². The number of methoxy groups -OCH3 is 2. The van der Waals surface area contributed by atoms with Gasteiger partial charge >= 0.3 is 24.0 Å². The first kappa shape index (κ1) is 64.2. The number of hydrogen-bond donors (Lipinski definition) is 7. The Bertz CT molecular complexity index is 2320. The summed E-state index contributed by atoms with van der Waals surface area (Å²) in [7, 11) is 2.45. The van der Waals surface area contributed by atoms with Crippen LogP contribution >= 0.6 is 0 Å². The van der Waals surface area contributed by atoms with Crippen LogP contribution in [-0.2, 0) is 65.4 Å². The normalized spacial score (nSPS) is 18.6. The highest BCUT2D eigenvalue weighted by molar-refractivity contribution is 6.38. The predicted molar refractivity (Wildman–Crippen MR) is 296 cm³/mol. The van der Waals surface area contributed by atoms with E-state index >= 15 is 0 Å². The predicted octanol–water partition coefficient (Wildman–Crippen LogP) is 3.54. The first-order valence-corrected chi connectivity index (χ1v) is 28.6. The Morgan fingerprint density at radius 3 is 1.39 bits per heavy atom. The number of hydrogen-bond acceptors (Lipinski definition) is 14. The molecule has 22 nitrogen and oxygen atoms in total. The Morgan fingerprint density at radius 1 is 0.550 bits per heavy atom. The average molecular weight is 1120 g/mol. The van der Waals surface area contributed by atoms with E-state index < -0.39 is 82.7 Å². The molecule has 2 aliphatic carbocycles. The fourth-order valence-corrected chi connectivity index (χ4v) is 10.4. The molecule has 2 aromatic carbocycles. The summed E-state index contributed by atoms with van der Waals surface area (Å²) in [6, 6.07) is 13.5. The highest BCUT2D eigenvalue weighted by Crippen LogP contribution is 2.31. The standard InChI is InChI=1S/C29H44N4O7.C29H42N4O7/c2*1-3-4-13-22(24(34)25(35)30-23(26(36)39-2)20-21-11-7-5-8-12-21)31-27(37)29(14-9-6-10-15-29)32-28(38)33-16-18-40-19-17-33/h5,7-8,11-12,22-24,34H,3-4,6,9-10,13-20H2,1-2H3,(H,30,35)(H,31,37)(H,32,38);5,7-8,11-12,22-23H,3-4,6,9-10,13-20H2,1-2H3,(H,30,35)(H,31,37)(H,32,38)/t22-,23-,24-;22-,23+/m00/s1. The van der Waals surface area contributed by atoms with Crippen LogP contribution < -0.4 is 31.9 Å². The van der Waals surface area contributed by atoms with Gasteiger partial charge in [0.1, 0.15) is 23.2 Å². The van der Waals surface area contributed by atoms with Crippen LogP contribution in [0.3, 0.4) is 0 Å². The van der Waals surface area contributed by atoms with Crippen molar-refractivity contribution in [1.29, 1.82) is 0 Å². The van der Waals surface area contributed by atoms with E-state index in [-0.39, 0.29) is 31.3 Å². The fourth-order valence-electron chi connectivity index (χ4n) is 10.4. The monoisotopic (exact) mass is 1120 g/mol. The maximum Gasteiger partial charge on any atom is 0.328 e. The molecule has 2 aromatic rings. The van der Waals surface area contributed by atoms with Crippen LogP contribution in [0.2, 0.25) is 0 Å². The van der Waals surface area contributed by atoms with Crippen molar-refractivity contribution in [2.75, 3.05) is 66.8 Å². The van der Waals surface area contributed by atoms with Crippen molar-refractivity contribution in [3.05, 3.63) is 71.8 Å². The molecule has 2 heterocycles. The van der Waals surface area contributed by atoms with E-state index in [1.807, 2.05) is 74.5 Å². The lowest BCUT2D eigenvalue weighted by atomic mass is 9.80. The van der Waals surface area contributed by atoms with Crippen LogP contribution in [0.15, 0.2) is 60.7 Å². The maximum absolute atomic E-state index is 13.8. The second-order valence-electron chi connectivity index (χ2n) is 21.1. The van der Waals surface area contributed by atoms with Crippen LogP contribution in [0.1, 0.15) is 128 Å². The van der Waals surface area contributed by atoms with E-state index in [9.17, 15) is 48.3 Å². The van der Waals surface area contributed by atoms with Gasteiger partial charge in [0.15, 0.2) is 6.10 Å². The number of carbonyl (C=O) groups is 9. The molecule has 0 bridgehead atoms. The Hall–Kier alpha value is -6.65. The Morgan fingerprint density at radius 2 is 0.963 bits per heavy atom. The number of ketones is 1. The van der Waals surface area contributed by atoms with E-state index in [1.165, 1.54) is 14.2 Å². The zero-order valence-corrected chi connectivity index (χ0v) is 47.2. The van der Waals surface area contributed by atoms with Gasteiger partial charge in [0.05, 0.1) is 52.7 Å². The Labute approximate surface area is 470 Å². The first-order valence-electron chi connectivity index (χ1n) is 28.6. The van der Waals surface area contributed by atoms with Crippen molar-refractivity contribution in [3.63, 3.8) is 0 Å². The van der Waals surface area contributed by atoms with E-state index in [1.54, 1.807) is 9.80 Å². The Kier molecular flexibility index (Phi) is 26.6. The molecule has 7 N–H and O–H groups in total. The van der Waals surface area contributed by atoms with E-state index in [0.29, 0.717) is 97.6 Å². The molecule has 0 unspecified atom stereocenters. The molecular weight excluding hydrogens is 1030 g/mol.